The number of rotatable bonds is 4. The van der Waals surface area contributed by atoms with Crippen molar-refractivity contribution >= 4 is 45.8 Å². The number of aryl methyl sites for hydroxylation is 1. The quantitative estimate of drug-likeness (QED) is 0.696. The molecule has 0 fully saturated rings. The number of thiocarbonyl (C=S) groups is 1. The smallest absolute Gasteiger partial charge is 0.265 e. The number of fused-ring (bicyclic) bond motifs is 1. The highest BCUT2D eigenvalue weighted by Crippen LogP contribution is 2.28. The van der Waals surface area contributed by atoms with Crippen molar-refractivity contribution in [3.63, 3.8) is 0 Å². The van der Waals surface area contributed by atoms with E-state index in [1.54, 1.807) is 7.05 Å². The van der Waals surface area contributed by atoms with Gasteiger partial charge in [-0.15, -0.1) is 0 Å². The Morgan fingerprint density at radius 2 is 1.83 bits per heavy atom. The summed E-state index contributed by atoms with van der Waals surface area (Å²) in [5.41, 5.74) is 4.61. The summed E-state index contributed by atoms with van der Waals surface area (Å²) in [6.07, 6.45) is 0. The molecule has 0 heterocycles. The summed E-state index contributed by atoms with van der Waals surface area (Å²) in [6, 6.07) is 19.6. The van der Waals surface area contributed by atoms with Crippen LogP contribution in [-0.2, 0) is 0 Å². The van der Waals surface area contributed by atoms with Gasteiger partial charge in [0.25, 0.3) is 5.91 Å². The van der Waals surface area contributed by atoms with E-state index in [2.05, 4.69) is 5.32 Å². The molecular weight excluding hydrogens is 316 g/mol. The molecule has 3 rings (SSSR count). The molecule has 0 aromatic heterocycles. The van der Waals surface area contributed by atoms with E-state index in [4.69, 9.17) is 12.2 Å². The fourth-order valence-corrected chi connectivity index (χ4v) is 3.02. The number of hydrogen-bond acceptors (Lipinski definition) is 3. The van der Waals surface area contributed by atoms with E-state index in [1.807, 2.05) is 67.6 Å². The zero-order valence-electron chi connectivity index (χ0n) is 13.6. The Bertz CT molecular complexity index is 915. The second-order valence-electron chi connectivity index (χ2n) is 5.58. The van der Waals surface area contributed by atoms with Gasteiger partial charge < -0.3 is 5.32 Å². The molecular formula is C20H18N2OS. The molecule has 120 valence electrons. The van der Waals surface area contributed by atoms with Crippen LogP contribution in [0.5, 0.6) is 0 Å². The summed E-state index contributed by atoms with van der Waals surface area (Å²) in [5.74, 6) is -0.144. The summed E-state index contributed by atoms with van der Waals surface area (Å²) >= 11 is 5.17. The molecule has 24 heavy (non-hydrogen) atoms. The number of carbonyl (C=O) groups is 1. The molecule has 3 nitrogen and oxygen atoms in total. The van der Waals surface area contributed by atoms with Gasteiger partial charge in [0.05, 0.1) is 16.7 Å². The average Bonchev–Trinajstić information content (AvgIpc) is 2.62. The van der Waals surface area contributed by atoms with Crippen LogP contribution in [0.2, 0.25) is 0 Å². The number of anilines is 2. The molecule has 3 aromatic rings. The predicted molar refractivity (Wildman–Crippen MR) is 105 cm³/mol. The maximum Gasteiger partial charge on any atom is 0.265 e. The van der Waals surface area contributed by atoms with Crippen molar-refractivity contribution < 1.29 is 4.79 Å². The Kier molecular flexibility index (Phi) is 4.58. The first-order valence-corrected chi connectivity index (χ1v) is 8.18. The summed E-state index contributed by atoms with van der Waals surface area (Å²) in [6.45, 7) is 1.97. The number of nitrogens with one attached hydrogen (secondary N) is 1. The maximum atomic E-state index is 13.1. The van der Waals surface area contributed by atoms with Gasteiger partial charge in [0.1, 0.15) is 0 Å². The summed E-state index contributed by atoms with van der Waals surface area (Å²) in [4.78, 5) is 14.7. The van der Waals surface area contributed by atoms with Gasteiger partial charge in [-0.1, -0.05) is 60.2 Å². The number of nitrogens with zero attached hydrogens (tertiary/aromatic N) is 1. The Hall–Kier alpha value is -2.72. The Morgan fingerprint density at radius 1 is 1.08 bits per heavy atom. The van der Waals surface area contributed by atoms with Crippen molar-refractivity contribution in [3.05, 3.63) is 71.8 Å². The van der Waals surface area contributed by atoms with Crippen molar-refractivity contribution in [2.45, 2.75) is 6.92 Å². The van der Waals surface area contributed by atoms with Gasteiger partial charge >= 0.3 is 0 Å². The highest BCUT2D eigenvalue weighted by molar-refractivity contribution is 7.79. The Morgan fingerprint density at radius 3 is 2.58 bits per heavy atom. The third kappa shape index (κ3) is 2.88. The maximum absolute atomic E-state index is 13.1. The topological polar surface area (TPSA) is 32.3 Å². The van der Waals surface area contributed by atoms with Crippen molar-refractivity contribution in [3.8, 4) is 0 Å². The SMILES string of the molecule is CNc1ccc(C)cc1C(=O)N(C=S)c1cccc2ccccc12. The minimum absolute atomic E-state index is 0.144. The van der Waals surface area contributed by atoms with Crippen LogP contribution in [0.15, 0.2) is 60.7 Å². The minimum atomic E-state index is -0.144. The molecule has 0 saturated heterocycles. The monoisotopic (exact) mass is 334 g/mol. The van der Waals surface area contributed by atoms with Crippen LogP contribution >= 0.6 is 12.2 Å². The van der Waals surface area contributed by atoms with Gasteiger partial charge in [0, 0.05) is 18.1 Å². The molecule has 0 aliphatic rings. The van der Waals surface area contributed by atoms with Gasteiger partial charge in [-0.05, 0) is 30.5 Å². The van der Waals surface area contributed by atoms with E-state index in [-0.39, 0.29) is 5.91 Å². The second kappa shape index (κ2) is 6.81. The Balaban J connectivity index is 2.13. The molecule has 0 saturated carbocycles. The average molecular weight is 334 g/mol. The van der Waals surface area contributed by atoms with Crippen LogP contribution in [0, 0.1) is 6.92 Å². The first-order valence-electron chi connectivity index (χ1n) is 7.70. The van der Waals surface area contributed by atoms with E-state index in [9.17, 15) is 4.79 Å². The summed E-state index contributed by atoms with van der Waals surface area (Å²) in [7, 11) is 1.81. The lowest BCUT2D eigenvalue weighted by Crippen LogP contribution is -2.29. The molecule has 0 aliphatic carbocycles. The molecule has 1 amide bonds. The lowest BCUT2D eigenvalue weighted by atomic mass is 10.1. The van der Waals surface area contributed by atoms with Crippen LogP contribution in [0.25, 0.3) is 10.8 Å². The van der Waals surface area contributed by atoms with Crippen molar-refractivity contribution in [1.29, 1.82) is 0 Å². The van der Waals surface area contributed by atoms with E-state index in [0.29, 0.717) is 5.56 Å². The molecule has 1 N–H and O–H groups in total. The van der Waals surface area contributed by atoms with Crippen molar-refractivity contribution in [1.82, 2.24) is 0 Å². The molecule has 0 aliphatic heterocycles. The zero-order chi connectivity index (χ0) is 17.1. The van der Waals surface area contributed by atoms with Crippen LogP contribution < -0.4 is 10.2 Å². The fourth-order valence-electron chi connectivity index (χ4n) is 2.82. The van der Waals surface area contributed by atoms with Crippen LogP contribution in [0.1, 0.15) is 15.9 Å². The molecule has 0 atom stereocenters. The van der Waals surface area contributed by atoms with E-state index in [0.717, 1.165) is 27.7 Å². The van der Waals surface area contributed by atoms with Crippen LogP contribution in [0.4, 0.5) is 11.4 Å². The lowest BCUT2D eigenvalue weighted by Gasteiger charge is -2.21. The zero-order valence-corrected chi connectivity index (χ0v) is 14.4. The third-order valence-electron chi connectivity index (χ3n) is 4.03. The minimum Gasteiger partial charge on any atom is -0.387 e. The number of hydrogen-bond donors (Lipinski definition) is 1. The van der Waals surface area contributed by atoms with Gasteiger partial charge in [0.2, 0.25) is 0 Å². The van der Waals surface area contributed by atoms with E-state index >= 15 is 0 Å². The first kappa shape index (κ1) is 16.1. The molecule has 0 unspecified atom stereocenters. The predicted octanol–water partition coefficient (Wildman–Crippen LogP) is 4.79. The number of amides is 1. The lowest BCUT2D eigenvalue weighted by molar-refractivity contribution is 0.100. The van der Waals surface area contributed by atoms with Crippen molar-refractivity contribution in [2.75, 3.05) is 17.3 Å². The molecule has 4 heteroatoms. The third-order valence-corrected chi connectivity index (χ3v) is 4.24. The Labute approximate surface area is 146 Å². The van der Waals surface area contributed by atoms with Gasteiger partial charge in [-0.2, -0.15) is 0 Å². The molecule has 3 aromatic carbocycles. The number of benzene rings is 3. The molecule has 0 bridgehead atoms. The first-order chi connectivity index (χ1) is 11.7. The normalized spacial score (nSPS) is 10.4. The van der Waals surface area contributed by atoms with E-state index in [1.165, 1.54) is 10.4 Å². The second-order valence-corrected chi connectivity index (χ2v) is 5.79. The summed E-state index contributed by atoms with van der Waals surface area (Å²) < 4.78 is 0. The van der Waals surface area contributed by atoms with Gasteiger partial charge in [-0.25, -0.2) is 0 Å². The fraction of sp³-hybridized carbons (Fsp3) is 0.100. The summed E-state index contributed by atoms with van der Waals surface area (Å²) in [5, 5.41) is 5.14. The van der Waals surface area contributed by atoms with Crippen molar-refractivity contribution in [2.24, 2.45) is 0 Å². The van der Waals surface area contributed by atoms with Gasteiger partial charge in [0.15, 0.2) is 0 Å². The molecule has 0 spiro atoms. The highest BCUT2D eigenvalue weighted by Gasteiger charge is 2.20. The van der Waals surface area contributed by atoms with Crippen LogP contribution in [0.3, 0.4) is 0 Å². The highest BCUT2D eigenvalue weighted by atomic mass is 32.1. The van der Waals surface area contributed by atoms with Gasteiger partial charge in [-0.3, -0.25) is 9.69 Å². The van der Waals surface area contributed by atoms with E-state index < -0.39 is 0 Å². The number of carbonyl (C=O) groups excluding carboxylic acids is 1. The standard InChI is InChI=1S/C20H18N2OS/c1-14-10-11-18(21-2)17(12-14)20(23)22(13-24)19-9-5-7-15-6-3-4-8-16(15)19/h3-13,21H,1-2H3. The largest absolute Gasteiger partial charge is 0.387 e. The van der Waals surface area contributed by atoms with Crippen LogP contribution in [-0.4, -0.2) is 18.4 Å². The molecule has 0 radical (unpaired) electrons.